The maximum absolute atomic E-state index is 8.35. The number of ether oxygens (including phenoxy) is 3. The minimum Gasteiger partial charge on any atom is -0.486 e. The van der Waals surface area contributed by atoms with Gasteiger partial charge in [-0.05, 0) is 12.1 Å². The number of hydrogen-bond acceptors (Lipinski definition) is 4. The van der Waals surface area contributed by atoms with Crippen LogP contribution in [0.15, 0.2) is 24.3 Å². The van der Waals surface area contributed by atoms with E-state index in [0.29, 0.717) is 26.2 Å². The fraction of sp³-hybridized carbons (Fsp3) is 0.417. The maximum atomic E-state index is 8.35. The van der Waals surface area contributed by atoms with Crippen LogP contribution in [0, 0.1) is 11.3 Å². The zero-order valence-electron chi connectivity index (χ0n) is 8.89. The fourth-order valence-corrected chi connectivity index (χ4v) is 1.48. The summed E-state index contributed by atoms with van der Waals surface area (Å²) in [6.07, 6.45) is 0.318. The second kappa shape index (κ2) is 5.38. The lowest BCUT2D eigenvalue weighted by molar-refractivity contribution is 0.0104. The topological polar surface area (TPSA) is 51.5 Å². The predicted molar refractivity (Wildman–Crippen MR) is 57.4 cm³/mol. The number of nitriles is 1. The van der Waals surface area contributed by atoms with Crippen LogP contribution in [0.1, 0.15) is 6.42 Å². The Kier molecular flexibility index (Phi) is 3.62. The average molecular weight is 219 g/mol. The Morgan fingerprint density at radius 1 is 1.38 bits per heavy atom. The molecule has 1 aromatic carbocycles. The molecule has 0 saturated heterocycles. The van der Waals surface area contributed by atoms with Crippen LogP contribution in [0.4, 0.5) is 0 Å². The molecule has 16 heavy (non-hydrogen) atoms. The highest BCUT2D eigenvalue weighted by Crippen LogP contribution is 2.30. The Hall–Kier alpha value is -1.73. The molecule has 0 radical (unpaired) electrons. The van der Waals surface area contributed by atoms with E-state index in [9.17, 15) is 0 Å². The molecule has 0 N–H and O–H groups in total. The Labute approximate surface area is 94.3 Å². The second-order valence-electron chi connectivity index (χ2n) is 3.48. The summed E-state index contributed by atoms with van der Waals surface area (Å²) in [6, 6.07) is 9.59. The molecule has 4 nitrogen and oxygen atoms in total. The van der Waals surface area contributed by atoms with Gasteiger partial charge in [0.15, 0.2) is 17.6 Å². The summed E-state index contributed by atoms with van der Waals surface area (Å²) in [5.74, 6) is 1.53. The lowest BCUT2D eigenvalue weighted by atomic mass is 10.3. The number of nitrogens with zero attached hydrogens (tertiary/aromatic N) is 1. The van der Waals surface area contributed by atoms with Crippen molar-refractivity contribution in [3.8, 4) is 17.6 Å². The first kappa shape index (κ1) is 10.8. The van der Waals surface area contributed by atoms with Crippen LogP contribution in [-0.4, -0.2) is 25.9 Å². The summed E-state index contributed by atoms with van der Waals surface area (Å²) in [4.78, 5) is 0. The first-order valence-electron chi connectivity index (χ1n) is 5.23. The quantitative estimate of drug-likeness (QED) is 0.724. The number of fused-ring (bicyclic) bond motifs is 1. The van der Waals surface area contributed by atoms with Gasteiger partial charge in [0.1, 0.15) is 6.61 Å². The molecule has 0 saturated carbocycles. The molecule has 0 aromatic heterocycles. The molecule has 2 rings (SSSR count). The van der Waals surface area contributed by atoms with Gasteiger partial charge in [0.05, 0.1) is 25.7 Å². The normalized spacial score (nSPS) is 17.8. The average Bonchev–Trinajstić information content (AvgIpc) is 2.34. The molecule has 0 amide bonds. The zero-order valence-corrected chi connectivity index (χ0v) is 8.89. The van der Waals surface area contributed by atoms with Gasteiger partial charge >= 0.3 is 0 Å². The highest BCUT2D eigenvalue weighted by atomic mass is 16.6. The molecule has 1 aliphatic rings. The van der Waals surface area contributed by atoms with E-state index in [1.165, 1.54) is 0 Å². The molecule has 1 unspecified atom stereocenters. The predicted octanol–water partition coefficient (Wildman–Crippen LogP) is 1.76. The van der Waals surface area contributed by atoms with Crippen LogP contribution >= 0.6 is 0 Å². The molecule has 4 heteroatoms. The van der Waals surface area contributed by atoms with Crippen LogP contribution in [-0.2, 0) is 4.74 Å². The Morgan fingerprint density at radius 3 is 3.00 bits per heavy atom. The summed E-state index contributed by atoms with van der Waals surface area (Å²) in [7, 11) is 0. The molecule has 1 heterocycles. The molecule has 0 fully saturated rings. The first-order chi connectivity index (χ1) is 7.90. The van der Waals surface area contributed by atoms with Crippen molar-refractivity contribution in [2.45, 2.75) is 12.5 Å². The van der Waals surface area contributed by atoms with Crippen molar-refractivity contribution < 1.29 is 14.2 Å². The zero-order chi connectivity index (χ0) is 11.2. The number of benzene rings is 1. The van der Waals surface area contributed by atoms with Crippen LogP contribution in [0.2, 0.25) is 0 Å². The number of para-hydroxylation sites is 2. The second-order valence-corrected chi connectivity index (χ2v) is 3.48. The lowest BCUT2D eigenvalue weighted by Gasteiger charge is -2.26. The first-order valence-corrected chi connectivity index (χ1v) is 5.23. The molecule has 1 atom stereocenters. The molecule has 1 aliphatic heterocycles. The van der Waals surface area contributed by atoms with Crippen LogP contribution in [0.5, 0.6) is 11.5 Å². The molecule has 0 spiro atoms. The monoisotopic (exact) mass is 219 g/mol. The van der Waals surface area contributed by atoms with Crippen molar-refractivity contribution in [1.82, 2.24) is 0 Å². The van der Waals surface area contributed by atoms with Crippen LogP contribution in [0.25, 0.3) is 0 Å². The largest absolute Gasteiger partial charge is 0.486 e. The third-order valence-corrected chi connectivity index (χ3v) is 2.23. The van der Waals surface area contributed by atoms with Gasteiger partial charge in [0, 0.05) is 0 Å². The van der Waals surface area contributed by atoms with Gasteiger partial charge in [0.25, 0.3) is 0 Å². The van der Waals surface area contributed by atoms with Crippen LogP contribution < -0.4 is 9.47 Å². The van der Waals surface area contributed by atoms with Gasteiger partial charge in [-0.2, -0.15) is 5.26 Å². The van der Waals surface area contributed by atoms with Crippen molar-refractivity contribution in [1.29, 1.82) is 5.26 Å². The Bertz CT molecular complexity index is 386. The highest BCUT2D eigenvalue weighted by molar-refractivity contribution is 5.40. The number of hydrogen-bond donors (Lipinski definition) is 0. The van der Waals surface area contributed by atoms with Crippen LogP contribution in [0.3, 0.4) is 0 Å². The van der Waals surface area contributed by atoms with Gasteiger partial charge in [-0.15, -0.1) is 0 Å². The van der Waals surface area contributed by atoms with E-state index in [1.54, 1.807) is 0 Å². The minimum absolute atomic E-state index is 0.0893. The van der Waals surface area contributed by atoms with E-state index in [-0.39, 0.29) is 6.10 Å². The molecular weight excluding hydrogens is 206 g/mol. The SMILES string of the molecule is N#CCCOCC1COc2ccccc2O1. The van der Waals surface area contributed by atoms with Gasteiger partial charge < -0.3 is 14.2 Å². The number of rotatable bonds is 4. The maximum Gasteiger partial charge on any atom is 0.161 e. The molecule has 0 bridgehead atoms. The highest BCUT2D eigenvalue weighted by Gasteiger charge is 2.20. The van der Waals surface area contributed by atoms with Crippen molar-refractivity contribution in [2.75, 3.05) is 19.8 Å². The minimum atomic E-state index is -0.0893. The van der Waals surface area contributed by atoms with Crippen molar-refractivity contribution in [2.24, 2.45) is 0 Å². The third-order valence-electron chi connectivity index (χ3n) is 2.23. The van der Waals surface area contributed by atoms with Gasteiger partial charge in [-0.1, -0.05) is 12.1 Å². The van der Waals surface area contributed by atoms with E-state index < -0.39 is 0 Å². The van der Waals surface area contributed by atoms with Gasteiger partial charge in [0.2, 0.25) is 0 Å². The lowest BCUT2D eigenvalue weighted by Crippen LogP contribution is -2.33. The fourth-order valence-electron chi connectivity index (χ4n) is 1.48. The van der Waals surface area contributed by atoms with Crippen molar-refractivity contribution >= 4 is 0 Å². The third kappa shape index (κ3) is 2.65. The Balaban J connectivity index is 1.82. The van der Waals surface area contributed by atoms with Crippen molar-refractivity contribution in [3.63, 3.8) is 0 Å². The summed E-state index contributed by atoms with van der Waals surface area (Å²) >= 11 is 0. The summed E-state index contributed by atoms with van der Waals surface area (Å²) in [5.41, 5.74) is 0. The molecule has 1 aromatic rings. The van der Waals surface area contributed by atoms with E-state index >= 15 is 0 Å². The van der Waals surface area contributed by atoms with Gasteiger partial charge in [-0.3, -0.25) is 0 Å². The van der Waals surface area contributed by atoms with E-state index in [4.69, 9.17) is 19.5 Å². The Morgan fingerprint density at radius 2 is 2.19 bits per heavy atom. The van der Waals surface area contributed by atoms with Gasteiger partial charge in [-0.25, -0.2) is 0 Å². The summed E-state index contributed by atoms with van der Waals surface area (Å²) in [6.45, 7) is 1.39. The van der Waals surface area contributed by atoms with Crippen molar-refractivity contribution in [3.05, 3.63) is 24.3 Å². The standard InChI is InChI=1S/C12H13NO3/c13-6-3-7-14-8-10-9-15-11-4-1-2-5-12(11)16-10/h1-2,4-5,10H,3,7-9H2. The van der Waals surface area contributed by atoms with E-state index in [1.807, 2.05) is 30.3 Å². The molecule has 0 aliphatic carbocycles. The summed E-state index contributed by atoms with van der Waals surface area (Å²) < 4.78 is 16.5. The van der Waals surface area contributed by atoms with E-state index in [0.717, 1.165) is 11.5 Å². The summed E-state index contributed by atoms with van der Waals surface area (Å²) in [5, 5.41) is 8.35. The van der Waals surface area contributed by atoms with E-state index in [2.05, 4.69) is 0 Å². The molecule has 84 valence electrons. The molecular formula is C12H13NO3. The smallest absolute Gasteiger partial charge is 0.161 e.